The molecule has 0 bridgehead atoms. The Morgan fingerprint density at radius 1 is 1.36 bits per heavy atom. The predicted octanol–water partition coefficient (Wildman–Crippen LogP) is 1.88. The first-order valence-corrected chi connectivity index (χ1v) is 4.26. The van der Waals surface area contributed by atoms with Crippen LogP contribution in [-0.4, -0.2) is 0 Å². The molecule has 1 atom stereocenters. The summed E-state index contributed by atoms with van der Waals surface area (Å²) < 4.78 is 0. The molecule has 0 aromatic carbocycles. The van der Waals surface area contributed by atoms with E-state index in [2.05, 4.69) is 12.2 Å². The van der Waals surface area contributed by atoms with E-state index in [0.717, 1.165) is 11.6 Å². The molecule has 1 unspecified atom stereocenters. The third-order valence-corrected chi connectivity index (χ3v) is 3.15. The molecular weight excluding hydrogens is 134 g/mol. The van der Waals surface area contributed by atoms with Crippen LogP contribution in [0.2, 0.25) is 0 Å². The van der Waals surface area contributed by atoms with Gasteiger partial charge in [0.2, 0.25) is 0 Å². The lowest BCUT2D eigenvalue weighted by Crippen LogP contribution is -2.28. The van der Waals surface area contributed by atoms with Gasteiger partial charge in [-0.25, -0.2) is 0 Å². The zero-order valence-corrected chi connectivity index (χ0v) is 6.43. The van der Waals surface area contributed by atoms with Crippen molar-refractivity contribution in [2.75, 3.05) is 0 Å². The van der Waals surface area contributed by atoms with Gasteiger partial charge in [-0.3, -0.25) is 0 Å². The summed E-state index contributed by atoms with van der Waals surface area (Å²) >= 11 is 0. The molecule has 56 valence electrons. The molecule has 0 radical (unpaired) electrons. The van der Waals surface area contributed by atoms with Crippen molar-refractivity contribution in [1.82, 2.24) is 0 Å². The van der Waals surface area contributed by atoms with E-state index in [1.807, 2.05) is 0 Å². The van der Waals surface area contributed by atoms with Gasteiger partial charge in [0.15, 0.2) is 0 Å². The minimum Gasteiger partial charge on any atom is -0.398 e. The third kappa shape index (κ3) is 0.528. The van der Waals surface area contributed by atoms with Crippen LogP contribution in [0, 0.1) is 5.92 Å². The van der Waals surface area contributed by atoms with Crippen LogP contribution < -0.4 is 5.73 Å². The molecule has 3 aliphatic carbocycles. The molecule has 0 amide bonds. The van der Waals surface area contributed by atoms with Crippen molar-refractivity contribution in [2.24, 2.45) is 11.7 Å². The molecule has 1 saturated carbocycles. The highest BCUT2D eigenvalue weighted by Gasteiger charge is 2.35. The summed E-state index contributed by atoms with van der Waals surface area (Å²) in [6, 6.07) is 0. The van der Waals surface area contributed by atoms with E-state index < -0.39 is 0 Å². The highest BCUT2D eigenvalue weighted by atomic mass is 14.6. The molecule has 1 heteroatoms. The zero-order valence-electron chi connectivity index (χ0n) is 6.43. The summed E-state index contributed by atoms with van der Waals surface area (Å²) in [7, 11) is 0. The fourth-order valence-electron chi connectivity index (χ4n) is 2.24. The first kappa shape index (κ1) is 5.64. The van der Waals surface area contributed by atoms with Gasteiger partial charge in [0.1, 0.15) is 0 Å². The lowest BCUT2D eigenvalue weighted by Gasteiger charge is -2.39. The van der Waals surface area contributed by atoms with Crippen LogP contribution in [0.3, 0.4) is 0 Å². The monoisotopic (exact) mass is 145 g/mol. The molecule has 3 rings (SSSR count). The Labute approximate surface area is 66.3 Å². The van der Waals surface area contributed by atoms with Gasteiger partial charge in [-0.05, 0) is 36.3 Å². The van der Waals surface area contributed by atoms with Crippen molar-refractivity contribution in [1.29, 1.82) is 0 Å². The Bertz CT molecular complexity index is 318. The van der Waals surface area contributed by atoms with Crippen molar-refractivity contribution in [3.63, 3.8) is 0 Å². The first-order valence-electron chi connectivity index (χ1n) is 4.26. The standard InChI is InChI=1S/C10H11N/c11-10-8-3-1-6(8)5-7-2-4-9(7)10/h1,3,7H,2,4-5,11H2. The minimum atomic E-state index is 0.818. The number of hydrogen-bond donors (Lipinski definition) is 1. The molecule has 0 aromatic heterocycles. The molecule has 0 heterocycles. The fourth-order valence-corrected chi connectivity index (χ4v) is 2.24. The lowest BCUT2D eigenvalue weighted by molar-refractivity contribution is 0.423. The van der Waals surface area contributed by atoms with Gasteiger partial charge in [0, 0.05) is 11.3 Å². The van der Waals surface area contributed by atoms with Crippen LogP contribution >= 0.6 is 0 Å². The molecule has 0 saturated heterocycles. The van der Waals surface area contributed by atoms with Gasteiger partial charge in [-0.2, -0.15) is 0 Å². The van der Waals surface area contributed by atoms with Crippen LogP contribution in [0.25, 0.3) is 0 Å². The Hall–Kier alpha value is -0.980. The number of allylic oxidation sites excluding steroid dienone is 4. The molecule has 0 aromatic rings. The van der Waals surface area contributed by atoms with Crippen molar-refractivity contribution in [3.05, 3.63) is 34.6 Å². The van der Waals surface area contributed by atoms with Crippen LogP contribution in [0.5, 0.6) is 0 Å². The second-order valence-electron chi connectivity index (χ2n) is 3.65. The Morgan fingerprint density at radius 3 is 2.82 bits per heavy atom. The Balaban J connectivity index is 2.11. The predicted molar refractivity (Wildman–Crippen MR) is 44.7 cm³/mol. The van der Waals surface area contributed by atoms with E-state index in [0.29, 0.717) is 0 Å². The average Bonchev–Trinajstić information content (AvgIpc) is 1.80. The van der Waals surface area contributed by atoms with E-state index in [-0.39, 0.29) is 0 Å². The second-order valence-corrected chi connectivity index (χ2v) is 3.65. The van der Waals surface area contributed by atoms with Gasteiger partial charge in [-0.15, -0.1) is 0 Å². The van der Waals surface area contributed by atoms with Gasteiger partial charge >= 0.3 is 0 Å². The summed E-state index contributed by atoms with van der Waals surface area (Å²) in [6.45, 7) is 0. The Morgan fingerprint density at radius 2 is 2.27 bits per heavy atom. The van der Waals surface area contributed by atoms with Gasteiger partial charge in [0.05, 0.1) is 0 Å². The molecular formula is C10H11N. The molecule has 1 fully saturated rings. The summed E-state index contributed by atoms with van der Waals surface area (Å²) in [5, 5.41) is 0. The molecule has 0 spiro atoms. The van der Waals surface area contributed by atoms with E-state index >= 15 is 0 Å². The highest BCUT2D eigenvalue weighted by Crippen LogP contribution is 2.48. The van der Waals surface area contributed by atoms with Crippen LogP contribution in [0.15, 0.2) is 34.6 Å². The van der Waals surface area contributed by atoms with E-state index in [4.69, 9.17) is 5.73 Å². The molecule has 2 N–H and O–H groups in total. The van der Waals surface area contributed by atoms with Crippen LogP contribution in [-0.2, 0) is 0 Å². The normalized spacial score (nSPS) is 32.5. The maximum atomic E-state index is 5.98. The van der Waals surface area contributed by atoms with Crippen molar-refractivity contribution < 1.29 is 0 Å². The van der Waals surface area contributed by atoms with E-state index in [9.17, 15) is 0 Å². The second kappa shape index (κ2) is 1.60. The van der Waals surface area contributed by atoms with Gasteiger partial charge < -0.3 is 5.73 Å². The topological polar surface area (TPSA) is 26.0 Å². The van der Waals surface area contributed by atoms with Crippen LogP contribution in [0.4, 0.5) is 0 Å². The summed E-state index contributed by atoms with van der Waals surface area (Å²) in [4.78, 5) is 0. The number of fused-ring (bicyclic) bond motifs is 2. The average molecular weight is 145 g/mol. The smallest absolute Gasteiger partial charge is 0.0385 e. The Kier molecular flexibility index (Phi) is 0.823. The number of rotatable bonds is 0. The van der Waals surface area contributed by atoms with Gasteiger partial charge in [0.25, 0.3) is 0 Å². The molecule has 3 aliphatic rings. The lowest BCUT2D eigenvalue weighted by atomic mass is 9.66. The van der Waals surface area contributed by atoms with E-state index in [1.54, 1.807) is 0 Å². The quantitative estimate of drug-likeness (QED) is 0.553. The SMILES string of the molecule is NC1=C2CCC2CC2=CC=C21. The first-order chi connectivity index (χ1) is 5.36. The number of nitrogens with two attached hydrogens (primary N) is 1. The molecule has 0 aliphatic heterocycles. The van der Waals surface area contributed by atoms with Crippen molar-refractivity contribution >= 4 is 0 Å². The number of hydrogen-bond acceptors (Lipinski definition) is 1. The maximum absolute atomic E-state index is 5.98. The van der Waals surface area contributed by atoms with Crippen molar-refractivity contribution in [2.45, 2.75) is 19.3 Å². The fraction of sp³-hybridized carbons (Fsp3) is 0.400. The van der Waals surface area contributed by atoms with E-state index in [1.165, 1.54) is 36.0 Å². The third-order valence-electron chi connectivity index (χ3n) is 3.15. The summed E-state index contributed by atoms with van der Waals surface area (Å²) in [5.41, 5.74) is 11.5. The van der Waals surface area contributed by atoms with Crippen molar-refractivity contribution in [3.8, 4) is 0 Å². The zero-order chi connectivity index (χ0) is 7.42. The largest absolute Gasteiger partial charge is 0.398 e. The van der Waals surface area contributed by atoms with Gasteiger partial charge in [-0.1, -0.05) is 12.2 Å². The maximum Gasteiger partial charge on any atom is 0.0385 e. The molecule has 1 nitrogen and oxygen atoms in total. The van der Waals surface area contributed by atoms with Crippen LogP contribution in [0.1, 0.15) is 19.3 Å². The summed E-state index contributed by atoms with van der Waals surface area (Å²) in [5.74, 6) is 0.818. The highest BCUT2D eigenvalue weighted by molar-refractivity contribution is 5.61. The molecule has 11 heavy (non-hydrogen) atoms. The summed E-state index contributed by atoms with van der Waals surface area (Å²) in [6.07, 6.45) is 8.23. The minimum absolute atomic E-state index is 0.818.